The normalized spacial score (nSPS) is 10.6. The highest BCUT2D eigenvalue weighted by Gasteiger charge is 2.04. The van der Waals surface area contributed by atoms with Crippen LogP contribution in [0.4, 0.5) is 5.69 Å². The highest BCUT2D eigenvalue weighted by Crippen LogP contribution is 2.25. The number of nitrogen functional groups attached to an aromatic ring is 1. The van der Waals surface area contributed by atoms with E-state index in [0.29, 0.717) is 17.0 Å². The Labute approximate surface area is 139 Å². The largest absolute Gasteiger partial charge is 0.426 e. The van der Waals surface area contributed by atoms with Gasteiger partial charge in [-0.05, 0) is 23.8 Å². The van der Waals surface area contributed by atoms with Crippen LogP contribution in [0.3, 0.4) is 0 Å². The molecule has 0 aromatic heterocycles. The maximum Gasteiger partial charge on any atom is 0.308 e. The van der Waals surface area contributed by atoms with Gasteiger partial charge in [-0.25, -0.2) is 0 Å². The molecule has 0 saturated carbocycles. The fourth-order valence-corrected chi connectivity index (χ4v) is 1.75. The van der Waals surface area contributed by atoms with Crippen LogP contribution >= 0.6 is 15.9 Å². The van der Waals surface area contributed by atoms with Gasteiger partial charge in [-0.3, -0.25) is 4.79 Å². The molecule has 0 saturated heterocycles. The van der Waals surface area contributed by atoms with Crippen molar-refractivity contribution in [2.45, 2.75) is 6.92 Å². The molecule has 0 unspecified atom stereocenters. The summed E-state index contributed by atoms with van der Waals surface area (Å²) in [5.74, 6) is 0.0808. The number of nitrogens with two attached hydrogens (primary N) is 1. The van der Waals surface area contributed by atoms with E-state index in [1.807, 2.05) is 12.2 Å². The minimum Gasteiger partial charge on any atom is -0.426 e. The SMILES string of the molecule is C=C/C=C(/C=C/c1cc(N)ccc1OC(C)=O)C(=C)Br.CO. The van der Waals surface area contributed by atoms with Gasteiger partial charge >= 0.3 is 5.97 Å². The number of carbonyl (C=O) groups excluding carboxylic acids is 1. The van der Waals surface area contributed by atoms with E-state index >= 15 is 0 Å². The van der Waals surface area contributed by atoms with Gasteiger partial charge in [0.05, 0.1) is 0 Å². The van der Waals surface area contributed by atoms with Gasteiger partial charge in [0.1, 0.15) is 5.75 Å². The van der Waals surface area contributed by atoms with Gasteiger partial charge in [-0.1, -0.05) is 53.4 Å². The first-order valence-electron chi connectivity index (χ1n) is 6.32. The maximum absolute atomic E-state index is 11.1. The number of rotatable bonds is 5. The molecule has 118 valence electrons. The van der Waals surface area contributed by atoms with Gasteiger partial charge in [0.2, 0.25) is 0 Å². The summed E-state index contributed by atoms with van der Waals surface area (Å²) >= 11 is 3.32. The Morgan fingerprint density at radius 2 is 2.05 bits per heavy atom. The van der Waals surface area contributed by atoms with Gasteiger partial charge in [0.25, 0.3) is 0 Å². The molecule has 1 rings (SSSR count). The highest BCUT2D eigenvalue weighted by atomic mass is 79.9. The summed E-state index contributed by atoms with van der Waals surface area (Å²) in [6.07, 6.45) is 7.11. The lowest BCUT2D eigenvalue weighted by Gasteiger charge is -2.07. The number of anilines is 1. The molecule has 0 aliphatic heterocycles. The zero-order valence-electron chi connectivity index (χ0n) is 12.7. The van der Waals surface area contributed by atoms with Crippen LogP contribution in [0.5, 0.6) is 5.75 Å². The van der Waals surface area contributed by atoms with Crippen molar-refractivity contribution in [3.05, 3.63) is 65.2 Å². The Morgan fingerprint density at radius 1 is 1.41 bits per heavy atom. The van der Waals surface area contributed by atoms with Crippen molar-refractivity contribution in [1.29, 1.82) is 0 Å². The predicted molar refractivity (Wildman–Crippen MR) is 95.7 cm³/mol. The average Bonchev–Trinajstić information content (AvgIpc) is 2.47. The lowest BCUT2D eigenvalue weighted by Crippen LogP contribution is -2.03. The molecular weight excluding hydrogens is 346 g/mol. The number of carbonyl (C=O) groups is 1. The van der Waals surface area contributed by atoms with Crippen molar-refractivity contribution in [2.24, 2.45) is 0 Å². The minimum atomic E-state index is -0.379. The fraction of sp³-hybridized carbons (Fsp3) is 0.118. The summed E-state index contributed by atoms with van der Waals surface area (Å²) in [5, 5.41) is 7.00. The first kappa shape index (κ1) is 19.9. The Kier molecular flexibility index (Phi) is 9.58. The summed E-state index contributed by atoms with van der Waals surface area (Å²) in [6, 6.07) is 5.08. The minimum absolute atomic E-state index is 0.379. The molecule has 1 aromatic rings. The van der Waals surface area contributed by atoms with Crippen molar-refractivity contribution >= 4 is 33.7 Å². The number of aliphatic hydroxyl groups is 1. The van der Waals surface area contributed by atoms with Crippen LogP contribution in [0, 0.1) is 0 Å². The second-order valence-electron chi connectivity index (χ2n) is 3.99. The van der Waals surface area contributed by atoms with Gasteiger partial charge < -0.3 is 15.6 Å². The molecule has 0 aliphatic carbocycles. The molecular formula is C17H20BrNO3. The Balaban J connectivity index is 0.00000211. The van der Waals surface area contributed by atoms with E-state index in [0.717, 1.165) is 17.2 Å². The summed E-state index contributed by atoms with van der Waals surface area (Å²) in [6.45, 7) is 8.82. The molecule has 0 spiro atoms. The van der Waals surface area contributed by atoms with Crippen molar-refractivity contribution in [3.8, 4) is 5.75 Å². The molecule has 0 aliphatic rings. The third kappa shape index (κ3) is 7.06. The topological polar surface area (TPSA) is 72.5 Å². The third-order valence-corrected chi connectivity index (χ3v) is 2.80. The zero-order valence-corrected chi connectivity index (χ0v) is 14.3. The number of hydrogen-bond acceptors (Lipinski definition) is 4. The third-order valence-electron chi connectivity index (χ3n) is 2.34. The van der Waals surface area contributed by atoms with E-state index in [-0.39, 0.29) is 5.97 Å². The van der Waals surface area contributed by atoms with E-state index in [9.17, 15) is 4.79 Å². The second kappa shape index (κ2) is 10.6. The van der Waals surface area contributed by atoms with Gasteiger partial charge in [0, 0.05) is 29.8 Å². The van der Waals surface area contributed by atoms with Crippen molar-refractivity contribution in [3.63, 3.8) is 0 Å². The maximum atomic E-state index is 11.1. The van der Waals surface area contributed by atoms with E-state index < -0.39 is 0 Å². The van der Waals surface area contributed by atoms with Crippen LogP contribution in [0.15, 0.2) is 59.6 Å². The molecule has 3 N–H and O–H groups in total. The van der Waals surface area contributed by atoms with Crippen LogP contribution in [-0.2, 0) is 4.79 Å². The first-order chi connectivity index (χ1) is 10.4. The smallest absolute Gasteiger partial charge is 0.308 e. The standard InChI is InChI=1S/C16H16BrNO2.CH4O/c1-4-5-13(11(2)17)6-7-14-10-15(18)8-9-16(14)20-12(3)19;1-2/h4-10H,1-2,18H2,3H3;2H,1H3/b7-6+,13-5-;. The second-order valence-corrected chi connectivity index (χ2v) is 4.94. The van der Waals surface area contributed by atoms with E-state index in [1.54, 1.807) is 30.4 Å². The van der Waals surface area contributed by atoms with Gasteiger partial charge in [-0.2, -0.15) is 0 Å². The number of esters is 1. The highest BCUT2D eigenvalue weighted by molar-refractivity contribution is 9.11. The molecule has 0 amide bonds. The molecule has 5 heteroatoms. The summed E-state index contributed by atoms with van der Waals surface area (Å²) in [7, 11) is 1.00. The van der Waals surface area contributed by atoms with Crippen molar-refractivity contribution in [2.75, 3.05) is 12.8 Å². The molecule has 1 aromatic carbocycles. The molecule has 22 heavy (non-hydrogen) atoms. The molecule has 0 atom stereocenters. The van der Waals surface area contributed by atoms with E-state index in [2.05, 4.69) is 29.1 Å². The molecule has 0 radical (unpaired) electrons. The number of ether oxygens (including phenoxy) is 1. The van der Waals surface area contributed by atoms with Gasteiger partial charge in [0.15, 0.2) is 0 Å². The zero-order chi connectivity index (χ0) is 17.1. The Bertz CT molecular complexity index is 604. The van der Waals surface area contributed by atoms with E-state index in [4.69, 9.17) is 15.6 Å². The van der Waals surface area contributed by atoms with Crippen molar-refractivity contribution in [1.82, 2.24) is 0 Å². The predicted octanol–water partition coefficient (Wildman–Crippen LogP) is 3.84. The number of hydrogen-bond donors (Lipinski definition) is 2. The van der Waals surface area contributed by atoms with Crippen LogP contribution < -0.4 is 10.5 Å². The number of benzene rings is 1. The summed E-state index contributed by atoms with van der Waals surface area (Å²) in [4.78, 5) is 11.1. The molecule has 4 nitrogen and oxygen atoms in total. The van der Waals surface area contributed by atoms with E-state index in [1.165, 1.54) is 6.92 Å². The Morgan fingerprint density at radius 3 is 2.55 bits per heavy atom. The lowest BCUT2D eigenvalue weighted by molar-refractivity contribution is -0.131. The molecule has 0 heterocycles. The monoisotopic (exact) mass is 365 g/mol. The van der Waals surface area contributed by atoms with Gasteiger partial charge in [-0.15, -0.1) is 0 Å². The molecule has 0 fully saturated rings. The average molecular weight is 366 g/mol. The van der Waals surface area contributed by atoms with Crippen LogP contribution in [-0.4, -0.2) is 18.2 Å². The number of allylic oxidation sites excluding steroid dienone is 5. The lowest BCUT2D eigenvalue weighted by atomic mass is 10.1. The Hall–Kier alpha value is -2.11. The summed E-state index contributed by atoms with van der Waals surface area (Å²) < 4.78 is 5.86. The molecule has 0 bridgehead atoms. The van der Waals surface area contributed by atoms with Crippen molar-refractivity contribution < 1.29 is 14.6 Å². The summed E-state index contributed by atoms with van der Waals surface area (Å²) in [5.41, 5.74) is 7.91. The quantitative estimate of drug-likeness (QED) is 0.360. The number of halogens is 1. The fourth-order valence-electron chi connectivity index (χ4n) is 1.49. The first-order valence-corrected chi connectivity index (χ1v) is 7.11. The number of aliphatic hydroxyl groups excluding tert-OH is 1. The van der Waals surface area contributed by atoms with Crippen LogP contribution in [0.1, 0.15) is 12.5 Å². The van der Waals surface area contributed by atoms with Crippen LogP contribution in [0.2, 0.25) is 0 Å². The van der Waals surface area contributed by atoms with Crippen LogP contribution in [0.25, 0.3) is 6.08 Å².